The summed E-state index contributed by atoms with van der Waals surface area (Å²) < 4.78 is 6.85. The fourth-order valence-electron chi connectivity index (χ4n) is 1.80. The number of aromatic nitrogens is 1. The van der Waals surface area contributed by atoms with Crippen molar-refractivity contribution in [3.8, 4) is 11.8 Å². The van der Waals surface area contributed by atoms with Crippen molar-refractivity contribution in [3.63, 3.8) is 0 Å². The summed E-state index contributed by atoms with van der Waals surface area (Å²) in [5.74, 6) is 0.831. The number of ether oxygens (including phenoxy) is 1. The lowest BCUT2D eigenvalue weighted by molar-refractivity contribution is 0.302. The van der Waals surface area contributed by atoms with Crippen LogP contribution in [0.2, 0.25) is 0 Å². The number of nitrogens with one attached hydrogen (secondary N) is 1. The molecule has 0 aliphatic rings. The summed E-state index contributed by atoms with van der Waals surface area (Å²) in [5.41, 5.74) is 2.41. The van der Waals surface area contributed by atoms with Crippen molar-refractivity contribution in [1.29, 1.82) is 5.26 Å². The molecule has 0 aliphatic heterocycles. The van der Waals surface area contributed by atoms with E-state index in [0.717, 1.165) is 27.9 Å². The zero-order valence-corrected chi connectivity index (χ0v) is 12.6. The maximum atomic E-state index is 8.83. The second-order valence-electron chi connectivity index (χ2n) is 4.23. The molecule has 0 unspecified atom stereocenters. The van der Waals surface area contributed by atoms with Gasteiger partial charge in [-0.3, -0.25) is 0 Å². The van der Waals surface area contributed by atoms with Crippen LogP contribution in [0.25, 0.3) is 0 Å². The quantitative estimate of drug-likeness (QED) is 0.914. The molecule has 0 radical (unpaired) electrons. The molecule has 4 nitrogen and oxygen atoms in total. The van der Waals surface area contributed by atoms with E-state index < -0.39 is 0 Å². The minimum atomic E-state index is 0.400. The fraction of sp³-hybridized carbons (Fsp3) is 0.200. The van der Waals surface area contributed by atoms with Gasteiger partial charge in [0.05, 0.1) is 0 Å². The highest BCUT2D eigenvalue weighted by Crippen LogP contribution is 2.24. The Labute approximate surface area is 126 Å². The molecule has 5 heteroatoms. The third kappa shape index (κ3) is 3.80. The Morgan fingerprint density at radius 3 is 2.95 bits per heavy atom. The summed E-state index contributed by atoms with van der Waals surface area (Å²) in [5, 5.41) is 11.9. The Hall–Kier alpha value is -1.90. The lowest BCUT2D eigenvalue weighted by atomic mass is 10.2. The highest BCUT2D eigenvalue weighted by atomic mass is 79.9. The van der Waals surface area contributed by atoms with Crippen molar-refractivity contribution in [2.75, 3.05) is 7.05 Å². The Morgan fingerprint density at radius 2 is 2.20 bits per heavy atom. The van der Waals surface area contributed by atoms with E-state index >= 15 is 0 Å². The second-order valence-corrected chi connectivity index (χ2v) is 5.15. The van der Waals surface area contributed by atoms with Gasteiger partial charge in [-0.1, -0.05) is 15.9 Å². The van der Waals surface area contributed by atoms with Crippen LogP contribution in [0.3, 0.4) is 0 Å². The Kier molecular flexibility index (Phi) is 5.10. The lowest BCUT2D eigenvalue weighted by Gasteiger charge is -2.12. The number of nitrogens with zero attached hydrogens (tertiary/aromatic N) is 2. The SMILES string of the molecule is CNCc1cc(Br)ccc1OCc1ccnc(C#N)c1. The first kappa shape index (κ1) is 14.5. The molecule has 0 saturated carbocycles. The molecule has 0 spiro atoms. The topological polar surface area (TPSA) is 57.9 Å². The van der Waals surface area contributed by atoms with Gasteiger partial charge in [-0.15, -0.1) is 0 Å². The number of hydrogen-bond donors (Lipinski definition) is 1. The van der Waals surface area contributed by atoms with Gasteiger partial charge in [-0.05, 0) is 42.9 Å². The molecule has 1 aromatic carbocycles. The summed E-state index contributed by atoms with van der Waals surface area (Å²) in [6, 6.07) is 11.5. The van der Waals surface area contributed by atoms with Crippen LogP contribution in [0.5, 0.6) is 5.75 Å². The third-order valence-corrected chi connectivity index (χ3v) is 3.22. The highest BCUT2D eigenvalue weighted by molar-refractivity contribution is 9.10. The van der Waals surface area contributed by atoms with Crippen LogP contribution in [0.4, 0.5) is 0 Å². The Balaban J connectivity index is 2.12. The van der Waals surface area contributed by atoms with Crippen LogP contribution in [-0.4, -0.2) is 12.0 Å². The number of halogens is 1. The summed E-state index contributed by atoms with van der Waals surface area (Å²) >= 11 is 3.45. The van der Waals surface area contributed by atoms with Crippen molar-refractivity contribution in [1.82, 2.24) is 10.3 Å². The summed E-state index contributed by atoms with van der Waals surface area (Å²) in [6.07, 6.45) is 1.62. The van der Waals surface area contributed by atoms with Gasteiger partial charge in [0.15, 0.2) is 0 Å². The smallest absolute Gasteiger partial charge is 0.140 e. The molecule has 0 bridgehead atoms. The molecular weight excluding hydrogens is 318 g/mol. The molecule has 0 fully saturated rings. The highest BCUT2D eigenvalue weighted by Gasteiger charge is 2.05. The van der Waals surface area contributed by atoms with E-state index in [1.54, 1.807) is 12.3 Å². The number of pyridine rings is 1. The van der Waals surface area contributed by atoms with Gasteiger partial charge in [0.1, 0.15) is 24.1 Å². The van der Waals surface area contributed by atoms with Gasteiger partial charge in [0.25, 0.3) is 0 Å². The average molecular weight is 332 g/mol. The van der Waals surface area contributed by atoms with E-state index in [1.807, 2.05) is 37.4 Å². The van der Waals surface area contributed by atoms with Crippen LogP contribution < -0.4 is 10.1 Å². The first-order valence-corrected chi connectivity index (χ1v) is 6.93. The van der Waals surface area contributed by atoms with E-state index in [1.165, 1.54) is 0 Å². The molecule has 1 heterocycles. The molecule has 1 N–H and O–H groups in total. The molecule has 0 saturated heterocycles. The molecule has 0 atom stereocenters. The average Bonchev–Trinajstić information content (AvgIpc) is 2.47. The number of hydrogen-bond acceptors (Lipinski definition) is 4. The second kappa shape index (κ2) is 7.04. The van der Waals surface area contributed by atoms with Gasteiger partial charge in [0, 0.05) is 22.8 Å². The van der Waals surface area contributed by atoms with E-state index in [0.29, 0.717) is 12.3 Å². The molecule has 0 amide bonds. The molecule has 20 heavy (non-hydrogen) atoms. The van der Waals surface area contributed by atoms with Gasteiger partial charge >= 0.3 is 0 Å². The Bertz CT molecular complexity index is 637. The van der Waals surface area contributed by atoms with Crippen LogP contribution in [0.15, 0.2) is 41.0 Å². The summed E-state index contributed by atoms with van der Waals surface area (Å²) in [6.45, 7) is 1.14. The van der Waals surface area contributed by atoms with Crippen LogP contribution in [0, 0.1) is 11.3 Å². The van der Waals surface area contributed by atoms with Crippen molar-refractivity contribution in [2.45, 2.75) is 13.2 Å². The maximum Gasteiger partial charge on any atom is 0.140 e. The predicted octanol–water partition coefficient (Wildman–Crippen LogP) is 3.01. The molecule has 1 aromatic heterocycles. The number of rotatable bonds is 5. The van der Waals surface area contributed by atoms with Gasteiger partial charge in [-0.25, -0.2) is 4.98 Å². The van der Waals surface area contributed by atoms with Crippen LogP contribution in [0.1, 0.15) is 16.8 Å². The maximum absolute atomic E-state index is 8.83. The van der Waals surface area contributed by atoms with E-state index in [9.17, 15) is 0 Å². The monoisotopic (exact) mass is 331 g/mol. The van der Waals surface area contributed by atoms with Gasteiger partial charge < -0.3 is 10.1 Å². The summed E-state index contributed by atoms with van der Waals surface area (Å²) in [7, 11) is 1.90. The number of benzene rings is 1. The van der Waals surface area contributed by atoms with Gasteiger partial charge in [-0.2, -0.15) is 5.26 Å². The molecular formula is C15H14BrN3O. The first-order valence-electron chi connectivity index (χ1n) is 6.14. The minimum absolute atomic E-state index is 0.400. The Morgan fingerprint density at radius 1 is 1.35 bits per heavy atom. The summed E-state index contributed by atoms with van der Waals surface area (Å²) in [4.78, 5) is 3.94. The third-order valence-electron chi connectivity index (χ3n) is 2.72. The fourth-order valence-corrected chi connectivity index (χ4v) is 2.21. The normalized spacial score (nSPS) is 10.1. The van der Waals surface area contributed by atoms with E-state index in [4.69, 9.17) is 10.00 Å². The molecule has 102 valence electrons. The first-order chi connectivity index (χ1) is 9.72. The van der Waals surface area contributed by atoms with Crippen molar-refractivity contribution < 1.29 is 4.74 Å². The lowest BCUT2D eigenvalue weighted by Crippen LogP contribution is -2.07. The zero-order valence-electron chi connectivity index (χ0n) is 11.1. The predicted molar refractivity (Wildman–Crippen MR) is 80.2 cm³/mol. The van der Waals surface area contributed by atoms with Gasteiger partial charge in [0.2, 0.25) is 0 Å². The minimum Gasteiger partial charge on any atom is -0.489 e. The zero-order chi connectivity index (χ0) is 14.4. The van der Waals surface area contributed by atoms with Crippen molar-refractivity contribution >= 4 is 15.9 Å². The standard InChI is InChI=1S/C15H14BrN3O/c1-18-9-12-7-13(16)2-3-15(12)20-10-11-4-5-19-14(6-11)8-17/h2-7,18H,9-10H2,1H3. The molecule has 2 rings (SSSR count). The van der Waals surface area contributed by atoms with Crippen LogP contribution in [-0.2, 0) is 13.2 Å². The van der Waals surface area contributed by atoms with E-state index in [-0.39, 0.29) is 0 Å². The molecule has 0 aliphatic carbocycles. The number of nitriles is 1. The molecule has 2 aromatic rings. The van der Waals surface area contributed by atoms with Crippen LogP contribution >= 0.6 is 15.9 Å². The largest absolute Gasteiger partial charge is 0.489 e. The van der Waals surface area contributed by atoms with Crippen molar-refractivity contribution in [3.05, 3.63) is 57.8 Å². The van der Waals surface area contributed by atoms with E-state index in [2.05, 4.69) is 26.2 Å². The van der Waals surface area contributed by atoms with Crippen molar-refractivity contribution in [2.24, 2.45) is 0 Å².